The van der Waals surface area contributed by atoms with Crippen LogP contribution in [0.1, 0.15) is 35.7 Å². The molecular weight excluding hydrogens is 244 g/mol. The summed E-state index contributed by atoms with van der Waals surface area (Å²) in [4.78, 5) is 0. The molecule has 1 heterocycles. The van der Waals surface area contributed by atoms with Crippen molar-refractivity contribution in [2.45, 2.75) is 31.8 Å². The average molecular weight is 261 g/mol. The predicted molar refractivity (Wildman–Crippen MR) is 74.9 cm³/mol. The molecule has 2 nitrogen and oxygen atoms in total. The van der Waals surface area contributed by atoms with Crippen LogP contribution < -0.4 is 5.73 Å². The van der Waals surface area contributed by atoms with Crippen molar-refractivity contribution >= 4 is 11.6 Å². The quantitative estimate of drug-likeness (QED) is 0.880. The van der Waals surface area contributed by atoms with Crippen LogP contribution in [0.15, 0.2) is 36.5 Å². The van der Waals surface area contributed by atoms with Crippen LogP contribution in [-0.2, 0) is 13.0 Å². The Hall–Kier alpha value is -1.25. The fourth-order valence-electron chi connectivity index (χ4n) is 2.73. The maximum Gasteiger partial charge on any atom is 0.0472 e. The second-order valence-electron chi connectivity index (χ2n) is 4.97. The SMILES string of the molecule is NC1CCCc2c1ccn2Cc1ccc(Cl)cc1. The Kier molecular flexibility index (Phi) is 3.14. The van der Waals surface area contributed by atoms with Crippen LogP contribution in [0.2, 0.25) is 5.02 Å². The van der Waals surface area contributed by atoms with Gasteiger partial charge in [-0.1, -0.05) is 23.7 Å². The van der Waals surface area contributed by atoms with E-state index in [1.54, 1.807) is 0 Å². The topological polar surface area (TPSA) is 30.9 Å². The summed E-state index contributed by atoms with van der Waals surface area (Å²) in [5, 5.41) is 0.787. The molecule has 2 N–H and O–H groups in total. The molecule has 94 valence electrons. The van der Waals surface area contributed by atoms with Gasteiger partial charge in [-0.2, -0.15) is 0 Å². The van der Waals surface area contributed by atoms with E-state index in [2.05, 4.69) is 29.0 Å². The third-order valence-corrected chi connectivity index (χ3v) is 3.96. The fraction of sp³-hybridized carbons (Fsp3) is 0.333. The number of halogens is 1. The number of nitrogens with zero attached hydrogens (tertiary/aromatic N) is 1. The van der Waals surface area contributed by atoms with E-state index in [-0.39, 0.29) is 6.04 Å². The van der Waals surface area contributed by atoms with Gasteiger partial charge in [0.1, 0.15) is 0 Å². The minimum atomic E-state index is 0.222. The minimum absolute atomic E-state index is 0.222. The first-order valence-electron chi connectivity index (χ1n) is 6.42. The van der Waals surface area contributed by atoms with Gasteiger partial charge in [0, 0.05) is 29.5 Å². The molecule has 3 rings (SSSR count). The van der Waals surface area contributed by atoms with Gasteiger partial charge in [-0.05, 0) is 48.6 Å². The number of rotatable bonds is 2. The molecule has 0 saturated heterocycles. The Labute approximate surface area is 112 Å². The Morgan fingerprint density at radius 1 is 1.22 bits per heavy atom. The molecule has 0 bridgehead atoms. The molecule has 1 unspecified atom stereocenters. The van der Waals surface area contributed by atoms with E-state index in [4.69, 9.17) is 17.3 Å². The Morgan fingerprint density at radius 3 is 2.78 bits per heavy atom. The lowest BCUT2D eigenvalue weighted by atomic mass is 9.93. The highest BCUT2D eigenvalue weighted by molar-refractivity contribution is 6.30. The average Bonchev–Trinajstić information content (AvgIpc) is 2.77. The molecular formula is C15H17ClN2. The van der Waals surface area contributed by atoms with Crippen molar-refractivity contribution in [3.05, 3.63) is 58.4 Å². The van der Waals surface area contributed by atoms with E-state index >= 15 is 0 Å². The molecule has 0 aliphatic heterocycles. The van der Waals surface area contributed by atoms with E-state index in [0.717, 1.165) is 24.4 Å². The Morgan fingerprint density at radius 2 is 2.00 bits per heavy atom. The summed E-state index contributed by atoms with van der Waals surface area (Å²) in [7, 11) is 0. The van der Waals surface area contributed by atoms with E-state index in [0.29, 0.717) is 0 Å². The van der Waals surface area contributed by atoms with Crippen molar-refractivity contribution in [3.63, 3.8) is 0 Å². The van der Waals surface area contributed by atoms with Crippen molar-refractivity contribution in [1.29, 1.82) is 0 Å². The summed E-state index contributed by atoms with van der Waals surface area (Å²) in [5.74, 6) is 0. The second kappa shape index (κ2) is 4.79. The van der Waals surface area contributed by atoms with E-state index < -0.39 is 0 Å². The van der Waals surface area contributed by atoms with Gasteiger partial charge >= 0.3 is 0 Å². The lowest BCUT2D eigenvalue weighted by Gasteiger charge is -2.21. The fourth-order valence-corrected chi connectivity index (χ4v) is 2.85. The summed E-state index contributed by atoms with van der Waals surface area (Å²) in [6.45, 7) is 0.902. The highest BCUT2D eigenvalue weighted by atomic mass is 35.5. The van der Waals surface area contributed by atoms with Gasteiger partial charge in [0.15, 0.2) is 0 Å². The minimum Gasteiger partial charge on any atom is -0.347 e. The van der Waals surface area contributed by atoms with E-state index in [9.17, 15) is 0 Å². The number of hydrogen-bond acceptors (Lipinski definition) is 1. The number of hydrogen-bond donors (Lipinski definition) is 1. The van der Waals surface area contributed by atoms with Crippen LogP contribution in [-0.4, -0.2) is 4.57 Å². The molecule has 3 heteroatoms. The van der Waals surface area contributed by atoms with Crippen LogP contribution in [0.4, 0.5) is 0 Å². The molecule has 0 amide bonds. The lowest BCUT2D eigenvalue weighted by molar-refractivity contribution is 0.548. The first-order valence-corrected chi connectivity index (χ1v) is 6.80. The van der Waals surface area contributed by atoms with Gasteiger partial charge in [-0.3, -0.25) is 0 Å². The molecule has 18 heavy (non-hydrogen) atoms. The summed E-state index contributed by atoms with van der Waals surface area (Å²) in [6, 6.07) is 10.4. The highest BCUT2D eigenvalue weighted by Crippen LogP contribution is 2.29. The van der Waals surface area contributed by atoms with Crippen LogP contribution in [0.25, 0.3) is 0 Å². The van der Waals surface area contributed by atoms with Gasteiger partial charge in [0.2, 0.25) is 0 Å². The lowest BCUT2D eigenvalue weighted by Crippen LogP contribution is -2.18. The number of fused-ring (bicyclic) bond motifs is 1. The van der Waals surface area contributed by atoms with Crippen LogP contribution in [0, 0.1) is 0 Å². The number of aromatic nitrogens is 1. The monoisotopic (exact) mass is 260 g/mol. The maximum absolute atomic E-state index is 6.14. The largest absolute Gasteiger partial charge is 0.347 e. The van der Waals surface area contributed by atoms with Crippen molar-refractivity contribution in [1.82, 2.24) is 4.57 Å². The summed E-state index contributed by atoms with van der Waals surface area (Å²) < 4.78 is 2.32. The Bertz CT molecular complexity index is 542. The predicted octanol–water partition coefficient (Wildman–Crippen LogP) is 3.53. The molecule has 2 aromatic rings. The third kappa shape index (κ3) is 2.18. The standard InChI is InChI=1S/C15H17ClN2/c16-12-6-4-11(5-7-12)10-18-9-8-13-14(17)2-1-3-15(13)18/h4-9,14H,1-3,10,17H2. The molecule has 1 atom stereocenters. The Balaban J connectivity index is 1.87. The number of nitrogens with two attached hydrogens (primary N) is 1. The third-order valence-electron chi connectivity index (χ3n) is 3.71. The second-order valence-corrected chi connectivity index (χ2v) is 5.41. The van der Waals surface area contributed by atoms with E-state index in [1.807, 2.05) is 12.1 Å². The first kappa shape index (κ1) is 11.8. The molecule has 1 aromatic carbocycles. The van der Waals surface area contributed by atoms with Crippen LogP contribution >= 0.6 is 11.6 Å². The maximum atomic E-state index is 6.14. The molecule has 0 fully saturated rings. The van der Waals surface area contributed by atoms with Crippen molar-refractivity contribution in [3.8, 4) is 0 Å². The molecule has 0 radical (unpaired) electrons. The van der Waals surface area contributed by atoms with Gasteiger partial charge in [-0.25, -0.2) is 0 Å². The zero-order chi connectivity index (χ0) is 12.5. The molecule has 1 aliphatic rings. The zero-order valence-corrected chi connectivity index (χ0v) is 11.0. The summed E-state index contributed by atoms with van der Waals surface area (Å²) in [5.41, 5.74) is 10.2. The zero-order valence-electron chi connectivity index (χ0n) is 10.3. The van der Waals surface area contributed by atoms with Gasteiger partial charge in [0.25, 0.3) is 0 Å². The summed E-state index contributed by atoms with van der Waals surface area (Å²) >= 11 is 5.90. The van der Waals surface area contributed by atoms with Crippen molar-refractivity contribution in [2.75, 3.05) is 0 Å². The smallest absolute Gasteiger partial charge is 0.0472 e. The first-order chi connectivity index (χ1) is 8.74. The van der Waals surface area contributed by atoms with Crippen LogP contribution in [0.3, 0.4) is 0 Å². The highest BCUT2D eigenvalue weighted by Gasteiger charge is 2.19. The van der Waals surface area contributed by atoms with Crippen molar-refractivity contribution < 1.29 is 0 Å². The van der Waals surface area contributed by atoms with Gasteiger partial charge in [-0.15, -0.1) is 0 Å². The van der Waals surface area contributed by atoms with Gasteiger partial charge < -0.3 is 10.3 Å². The van der Waals surface area contributed by atoms with E-state index in [1.165, 1.54) is 23.2 Å². The number of benzene rings is 1. The summed E-state index contributed by atoms with van der Waals surface area (Å²) in [6.07, 6.45) is 5.60. The normalized spacial score (nSPS) is 18.7. The van der Waals surface area contributed by atoms with Crippen molar-refractivity contribution in [2.24, 2.45) is 5.73 Å². The van der Waals surface area contributed by atoms with Crippen LogP contribution in [0.5, 0.6) is 0 Å². The molecule has 0 saturated carbocycles. The van der Waals surface area contributed by atoms with Gasteiger partial charge in [0.05, 0.1) is 0 Å². The molecule has 1 aromatic heterocycles. The molecule has 0 spiro atoms. The molecule has 1 aliphatic carbocycles.